The SMILES string of the molecule is C#CC(C)Nc1cc(C)nc(C)n1. The van der Waals surface area contributed by atoms with E-state index in [1.54, 1.807) is 0 Å². The summed E-state index contributed by atoms with van der Waals surface area (Å²) in [6.45, 7) is 5.70. The van der Waals surface area contributed by atoms with Crippen LogP contribution >= 0.6 is 0 Å². The van der Waals surface area contributed by atoms with Crippen molar-refractivity contribution in [2.75, 3.05) is 5.32 Å². The largest absolute Gasteiger partial charge is 0.357 e. The molecule has 0 aliphatic carbocycles. The number of aryl methyl sites for hydroxylation is 2. The van der Waals surface area contributed by atoms with E-state index in [0.717, 1.165) is 17.3 Å². The van der Waals surface area contributed by atoms with E-state index in [4.69, 9.17) is 6.42 Å². The second-order valence-electron chi connectivity index (χ2n) is 2.97. The number of nitrogens with one attached hydrogen (secondary N) is 1. The smallest absolute Gasteiger partial charge is 0.130 e. The van der Waals surface area contributed by atoms with E-state index in [2.05, 4.69) is 21.2 Å². The molecular formula is C10H13N3. The van der Waals surface area contributed by atoms with Crippen LogP contribution in [-0.2, 0) is 0 Å². The fourth-order valence-corrected chi connectivity index (χ4v) is 1.05. The summed E-state index contributed by atoms with van der Waals surface area (Å²) in [6.07, 6.45) is 5.24. The molecule has 0 aliphatic heterocycles. The number of terminal acetylenes is 1. The molecule has 0 saturated heterocycles. The molecule has 0 bridgehead atoms. The van der Waals surface area contributed by atoms with Gasteiger partial charge in [-0.3, -0.25) is 0 Å². The Morgan fingerprint density at radius 1 is 1.46 bits per heavy atom. The van der Waals surface area contributed by atoms with Gasteiger partial charge in [0.25, 0.3) is 0 Å². The summed E-state index contributed by atoms with van der Waals surface area (Å²) < 4.78 is 0. The van der Waals surface area contributed by atoms with Gasteiger partial charge in [0, 0.05) is 11.8 Å². The average Bonchev–Trinajstić information content (AvgIpc) is 2.02. The van der Waals surface area contributed by atoms with Crippen LogP contribution in [0.4, 0.5) is 5.82 Å². The minimum absolute atomic E-state index is 0.00583. The van der Waals surface area contributed by atoms with Gasteiger partial charge in [0.2, 0.25) is 0 Å². The van der Waals surface area contributed by atoms with Crippen LogP contribution in [0.5, 0.6) is 0 Å². The van der Waals surface area contributed by atoms with Gasteiger partial charge in [0.15, 0.2) is 0 Å². The number of aromatic nitrogens is 2. The third-order valence-electron chi connectivity index (χ3n) is 1.58. The molecule has 0 fully saturated rings. The van der Waals surface area contributed by atoms with Crippen LogP contribution < -0.4 is 5.32 Å². The van der Waals surface area contributed by atoms with Crippen LogP contribution in [0.3, 0.4) is 0 Å². The third-order valence-corrected chi connectivity index (χ3v) is 1.58. The summed E-state index contributed by atoms with van der Waals surface area (Å²) in [5.41, 5.74) is 0.944. The van der Waals surface area contributed by atoms with Crippen molar-refractivity contribution in [1.29, 1.82) is 0 Å². The molecule has 0 spiro atoms. The van der Waals surface area contributed by atoms with Gasteiger partial charge in [-0.1, -0.05) is 5.92 Å². The molecule has 3 heteroatoms. The molecule has 1 heterocycles. The molecule has 1 atom stereocenters. The molecule has 1 unspecified atom stereocenters. The van der Waals surface area contributed by atoms with Crippen molar-refractivity contribution in [3.63, 3.8) is 0 Å². The van der Waals surface area contributed by atoms with Crippen molar-refractivity contribution < 1.29 is 0 Å². The highest BCUT2D eigenvalue weighted by Gasteiger charge is 2.00. The lowest BCUT2D eigenvalue weighted by atomic mass is 10.3. The standard InChI is InChI=1S/C10H13N3/c1-5-7(2)12-10-6-8(3)11-9(4)13-10/h1,6-7H,2-4H3,(H,11,12,13). The highest BCUT2D eigenvalue weighted by atomic mass is 15.0. The van der Waals surface area contributed by atoms with Crippen LogP contribution in [0.2, 0.25) is 0 Å². The summed E-state index contributed by atoms with van der Waals surface area (Å²) in [6, 6.07) is 1.87. The van der Waals surface area contributed by atoms with Crippen molar-refractivity contribution in [2.45, 2.75) is 26.8 Å². The second kappa shape index (κ2) is 3.90. The van der Waals surface area contributed by atoms with E-state index in [0.29, 0.717) is 0 Å². The Morgan fingerprint density at radius 2 is 2.15 bits per heavy atom. The Labute approximate surface area is 78.6 Å². The fourth-order valence-electron chi connectivity index (χ4n) is 1.05. The Morgan fingerprint density at radius 3 is 2.69 bits per heavy atom. The number of hydrogen-bond donors (Lipinski definition) is 1. The summed E-state index contributed by atoms with van der Waals surface area (Å²) in [7, 11) is 0. The minimum atomic E-state index is -0.00583. The van der Waals surface area contributed by atoms with E-state index in [9.17, 15) is 0 Å². The summed E-state index contributed by atoms with van der Waals surface area (Å²) in [5.74, 6) is 4.12. The van der Waals surface area contributed by atoms with Crippen LogP contribution in [0.15, 0.2) is 6.07 Å². The van der Waals surface area contributed by atoms with E-state index in [-0.39, 0.29) is 6.04 Å². The highest BCUT2D eigenvalue weighted by Crippen LogP contribution is 2.06. The normalized spacial score (nSPS) is 11.8. The lowest BCUT2D eigenvalue weighted by Gasteiger charge is -2.08. The minimum Gasteiger partial charge on any atom is -0.357 e. The van der Waals surface area contributed by atoms with Crippen LogP contribution in [0.25, 0.3) is 0 Å². The molecule has 1 aromatic rings. The van der Waals surface area contributed by atoms with Crippen molar-refractivity contribution >= 4 is 5.82 Å². The first kappa shape index (κ1) is 9.53. The van der Waals surface area contributed by atoms with Gasteiger partial charge < -0.3 is 5.32 Å². The maximum Gasteiger partial charge on any atom is 0.130 e. The maximum atomic E-state index is 5.24. The Balaban J connectivity index is 2.84. The van der Waals surface area contributed by atoms with Gasteiger partial charge in [0.05, 0.1) is 6.04 Å². The van der Waals surface area contributed by atoms with E-state index in [1.165, 1.54) is 0 Å². The zero-order chi connectivity index (χ0) is 9.84. The third kappa shape index (κ3) is 2.75. The van der Waals surface area contributed by atoms with E-state index in [1.807, 2.05) is 26.8 Å². The van der Waals surface area contributed by atoms with Gasteiger partial charge in [-0.15, -0.1) is 6.42 Å². The quantitative estimate of drug-likeness (QED) is 0.693. The van der Waals surface area contributed by atoms with Gasteiger partial charge in [-0.25, -0.2) is 9.97 Å². The summed E-state index contributed by atoms with van der Waals surface area (Å²) in [5, 5.41) is 3.09. The molecule has 0 amide bonds. The summed E-state index contributed by atoms with van der Waals surface area (Å²) in [4.78, 5) is 8.37. The predicted molar refractivity (Wildman–Crippen MR) is 53.4 cm³/mol. The van der Waals surface area contributed by atoms with Crippen molar-refractivity contribution in [2.24, 2.45) is 0 Å². The fraction of sp³-hybridized carbons (Fsp3) is 0.400. The zero-order valence-electron chi connectivity index (χ0n) is 8.13. The Kier molecular flexibility index (Phi) is 2.86. The van der Waals surface area contributed by atoms with Crippen molar-refractivity contribution in [3.05, 3.63) is 17.6 Å². The number of hydrogen-bond acceptors (Lipinski definition) is 3. The molecule has 0 aliphatic rings. The molecule has 0 saturated carbocycles. The lowest BCUT2D eigenvalue weighted by molar-refractivity contribution is 0.963. The van der Waals surface area contributed by atoms with Crippen LogP contribution in [0, 0.1) is 26.2 Å². The van der Waals surface area contributed by atoms with Gasteiger partial charge in [0.1, 0.15) is 11.6 Å². The first-order valence-electron chi connectivity index (χ1n) is 4.17. The lowest BCUT2D eigenvalue weighted by Crippen LogP contribution is -2.14. The zero-order valence-corrected chi connectivity index (χ0v) is 8.13. The molecule has 3 nitrogen and oxygen atoms in total. The van der Waals surface area contributed by atoms with Gasteiger partial charge in [-0.2, -0.15) is 0 Å². The Bertz CT molecular complexity index is 318. The second-order valence-corrected chi connectivity index (χ2v) is 2.97. The average molecular weight is 175 g/mol. The van der Waals surface area contributed by atoms with Gasteiger partial charge in [-0.05, 0) is 20.8 Å². The van der Waals surface area contributed by atoms with Crippen molar-refractivity contribution in [3.8, 4) is 12.3 Å². The number of rotatable bonds is 2. The molecule has 1 N–H and O–H groups in total. The van der Waals surface area contributed by atoms with Crippen molar-refractivity contribution in [1.82, 2.24) is 9.97 Å². The number of anilines is 1. The van der Waals surface area contributed by atoms with E-state index >= 15 is 0 Å². The first-order chi connectivity index (χ1) is 6.11. The van der Waals surface area contributed by atoms with Crippen LogP contribution in [0.1, 0.15) is 18.4 Å². The summed E-state index contributed by atoms with van der Waals surface area (Å²) >= 11 is 0. The highest BCUT2D eigenvalue weighted by molar-refractivity contribution is 5.38. The number of nitrogens with zero attached hydrogens (tertiary/aromatic N) is 2. The molecule has 13 heavy (non-hydrogen) atoms. The predicted octanol–water partition coefficient (Wildman–Crippen LogP) is 1.53. The molecule has 1 rings (SSSR count). The monoisotopic (exact) mass is 175 g/mol. The molecule has 68 valence electrons. The topological polar surface area (TPSA) is 37.8 Å². The first-order valence-corrected chi connectivity index (χ1v) is 4.17. The van der Waals surface area contributed by atoms with E-state index < -0.39 is 0 Å². The Hall–Kier alpha value is -1.56. The molecular weight excluding hydrogens is 162 g/mol. The van der Waals surface area contributed by atoms with Gasteiger partial charge >= 0.3 is 0 Å². The molecule has 1 aromatic heterocycles. The van der Waals surface area contributed by atoms with Crippen LogP contribution in [-0.4, -0.2) is 16.0 Å². The maximum absolute atomic E-state index is 5.24. The molecule has 0 radical (unpaired) electrons. The molecule has 0 aromatic carbocycles.